The molecular formula is C16H23N3OS. The summed E-state index contributed by atoms with van der Waals surface area (Å²) in [6.07, 6.45) is 1.12. The van der Waals surface area contributed by atoms with Gasteiger partial charge in [0.25, 0.3) is 0 Å². The Bertz CT molecular complexity index is 500. The summed E-state index contributed by atoms with van der Waals surface area (Å²) in [6, 6.07) is 8.46. The monoisotopic (exact) mass is 305 g/mol. The van der Waals surface area contributed by atoms with E-state index < -0.39 is 0 Å². The van der Waals surface area contributed by atoms with Crippen molar-refractivity contribution in [3.05, 3.63) is 29.8 Å². The largest absolute Gasteiger partial charge is 0.493 e. The summed E-state index contributed by atoms with van der Waals surface area (Å²) in [5.41, 5.74) is 6.99. The van der Waals surface area contributed by atoms with Gasteiger partial charge in [-0.1, -0.05) is 30.4 Å². The molecule has 2 N–H and O–H groups in total. The number of benzene rings is 1. The molecule has 5 heteroatoms. The van der Waals surface area contributed by atoms with Gasteiger partial charge in [-0.25, -0.2) is 0 Å². The maximum Gasteiger partial charge on any atom is 0.122 e. The average molecular weight is 305 g/mol. The molecule has 3 rings (SSSR count). The zero-order chi connectivity index (χ0) is 14.7. The first-order valence-corrected chi connectivity index (χ1v) is 8.08. The molecule has 0 bridgehead atoms. The highest BCUT2D eigenvalue weighted by molar-refractivity contribution is 7.80. The number of rotatable bonds is 4. The Labute approximate surface area is 131 Å². The highest BCUT2D eigenvalue weighted by Crippen LogP contribution is 2.33. The van der Waals surface area contributed by atoms with Crippen molar-refractivity contribution in [1.29, 1.82) is 0 Å². The third-order valence-electron chi connectivity index (χ3n) is 4.41. The molecule has 1 unspecified atom stereocenters. The summed E-state index contributed by atoms with van der Waals surface area (Å²) < 4.78 is 5.75. The van der Waals surface area contributed by atoms with Crippen molar-refractivity contribution in [2.24, 2.45) is 5.73 Å². The van der Waals surface area contributed by atoms with Crippen molar-refractivity contribution < 1.29 is 4.74 Å². The fourth-order valence-corrected chi connectivity index (χ4v) is 3.45. The lowest BCUT2D eigenvalue weighted by Gasteiger charge is -2.37. The number of nitrogens with two attached hydrogens (primary N) is 1. The van der Waals surface area contributed by atoms with Crippen LogP contribution in [0.25, 0.3) is 0 Å². The van der Waals surface area contributed by atoms with Crippen LogP contribution in [0.1, 0.15) is 17.9 Å². The summed E-state index contributed by atoms with van der Waals surface area (Å²) in [7, 11) is 0. The molecule has 0 spiro atoms. The Hall–Kier alpha value is -1.17. The predicted octanol–water partition coefficient (Wildman–Crippen LogP) is 1.46. The van der Waals surface area contributed by atoms with E-state index in [1.54, 1.807) is 0 Å². The minimum absolute atomic E-state index is 0.595. The number of hydrogen-bond donors (Lipinski definition) is 1. The van der Waals surface area contributed by atoms with Gasteiger partial charge in [-0.15, -0.1) is 0 Å². The van der Waals surface area contributed by atoms with E-state index in [1.807, 2.05) is 0 Å². The van der Waals surface area contributed by atoms with E-state index in [0.717, 1.165) is 58.0 Å². The Balaban J connectivity index is 1.56. The second-order valence-corrected chi connectivity index (χ2v) is 6.44. The SMILES string of the molecule is NC(=S)CN1CCN(CC2CCOc3ccccc32)CC1. The minimum Gasteiger partial charge on any atom is -0.493 e. The highest BCUT2D eigenvalue weighted by Gasteiger charge is 2.25. The van der Waals surface area contributed by atoms with E-state index in [2.05, 4.69) is 34.1 Å². The number of piperazine rings is 1. The fraction of sp³-hybridized carbons (Fsp3) is 0.562. The lowest BCUT2D eigenvalue weighted by Crippen LogP contribution is -2.49. The van der Waals surface area contributed by atoms with Crippen molar-refractivity contribution in [3.8, 4) is 5.75 Å². The maximum absolute atomic E-state index is 5.75. The van der Waals surface area contributed by atoms with Crippen LogP contribution in [0.5, 0.6) is 5.75 Å². The molecule has 2 aliphatic heterocycles. The van der Waals surface area contributed by atoms with Gasteiger partial charge in [-0.3, -0.25) is 4.90 Å². The van der Waals surface area contributed by atoms with Gasteiger partial charge in [0, 0.05) is 45.2 Å². The molecule has 0 radical (unpaired) electrons. The molecule has 1 aromatic carbocycles. The Morgan fingerprint density at radius 1 is 1.19 bits per heavy atom. The Morgan fingerprint density at radius 2 is 1.90 bits per heavy atom. The molecule has 21 heavy (non-hydrogen) atoms. The summed E-state index contributed by atoms with van der Waals surface area (Å²) in [6.45, 7) is 7.03. The zero-order valence-electron chi connectivity index (χ0n) is 12.3. The lowest BCUT2D eigenvalue weighted by molar-refractivity contribution is 0.131. The number of hydrogen-bond acceptors (Lipinski definition) is 4. The summed E-state index contributed by atoms with van der Waals surface area (Å²) in [5.74, 6) is 1.66. The number of ether oxygens (including phenoxy) is 1. The summed E-state index contributed by atoms with van der Waals surface area (Å²) >= 11 is 4.99. The predicted molar refractivity (Wildman–Crippen MR) is 89.0 cm³/mol. The first-order valence-electron chi connectivity index (χ1n) is 7.67. The molecule has 2 aliphatic rings. The Morgan fingerprint density at radius 3 is 2.67 bits per heavy atom. The number of thiocarbonyl (C=S) groups is 1. The fourth-order valence-electron chi connectivity index (χ4n) is 3.27. The van der Waals surface area contributed by atoms with Gasteiger partial charge in [-0.2, -0.15) is 0 Å². The topological polar surface area (TPSA) is 41.7 Å². The van der Waals surface area contributed by atoms with Gasteiger partial charge in [0.15, 0.2) is 0 Å². The standard InChI is InChI=1S/C16H23N3OS/c17-16(21)12-19-8-6-18(7-9-19)11-13-5-10-20-15-4-2-1-3-14(13)15/h1-4,13H,5-12H2,(H2,17,21). The number of fused-ring (bicyclic) bond motifs is 1. The van der Waals surface area contributed by atoms with Crippen LogP contribution in [0.4, 0.5) is 0 Å². The van der Waals surface area contributed by atoms with Crippen LogP contribution in [0.3, 0.4) is 0 Å². The summed E-state index contributed by atoms with van der Waals surface area (Å²) in [5, 5.41) is 0. The van der Waals surface area contributed by atoms with Crippen molar-refractivity contribution in [2.75, 3.05) is 45.9 Å². The van der Waals surface area contributed by atoms with Gasteiger partial charge in [0.1, 0.15) is 5.75 Å². The van der Waals surface area contributed by atoms with Crippen molar-refractivity contribution in [3.63, 3.8) is 0 Å². The van der Waals surface area contributed by atoms with Gasteiger partial charge in [0.05, 0.1) is 11.6 Å². The second-order valence-electron chi connectivity index (χ2n) is 5.91. The smallest absolute Gasteiger partial charge is 0.122 e. The minimum atomic E-state index is 0.595. The molecule has 0 aromatic heterocycles. The van der Waals surface area contributed by atoms with E-state index in [0.29, 0.717) is 10.9 Å². The van der Waals surface area contributed by atoms with Gasteiger partial charge in [0.2, 0.25) is 0 Å². The number of nitrogens with zero attached hydrogens (tertiary/aromatic N) is 2. The van der Waals surface area contributed by atoms with Crippen LogP contribution >= 0.6 is 12.2 Å². The molecule has 0 saturated carbocycles. The second kappa shape index (κ2) is 6.73. The average Bonchev–Trinajstić information content (AvgIpc) is 2.49. The van der Waals surface area contributed by atoms with Crippen molar-refractivity contribution >= 4 is 17.2 Å². The maximum atomic E-state index is 5.75. The molecule has 1 atom stereocenters. The quantitative estimate of drug-likeness (QED) is 0.853. The molecule has 1 aromatic rings. The van der Waals surface area contributed by atoms with Crippen LogP contribution in [0.15, 0.2) is 24.3 Å². The van der Waals surface area contributed by atoms with Crippen LogP contribution in [0.2, 0.25) is 0 Å². The summed E-state index contributed by atoms with van der Waals surface area (Å²) in [4.78, 5) is 5.50. The normalized spacial score (nSPS) is 23.3. The van der Waals surface area contributed by atoms with E-state index in [4.69, 9.17) is 22.7 Å². The van der Waals surface area contributed by atoms with Crippen LogP contribution in [0, 0.1) is 0 Å². The first-order chi connectivity index (χ1) is 10.2. The Kier molecular flexibility index (Phi) is 4.73. The van der Waals surface area contributed by atoms with Crippen LogP contribution < -0.4 is 10.5 Å². The molecule has 1 fully saturated rings. The number of para-hydroxylation sites is 1. The van der Waals surface area contributed by atoms with E-state index in [9.17, 15) is 0 Å². The third kappa shape index (κ3) is 3.73. The van der Waals surface area contributed by atoms with Crippen molar-refractivity contribution in [1.82, 2.24) is 9.80 Å². The highest BCUT2D eigenvalue weighted by atomic mass is 32.1. The molecule has 114 valence electrons. The molecule has 1 saturated heterocycles. The van der Waals surface area contributed by atoms with Crippen LogP contribution in [-0.4, -0.2) is 60.7 Å². The van der Waals surface area contributed by atoms with Gasteiger partial charge < -0.3 is 15.4 Å². The molecule has 0 aliphatic carbocycles. The molecular weight excluding hydrogens is 282 g/mol. The van der Waals surface area contributed by atoms with Gasteiger partial charge in [-0.05, 0) is 18.1 Å². The molecule has 2 heterocycles. The third-order valence-corrected chi connectivity index (χ3v) is 4.53. The van der Waals surface area contributed by atoms with E-state index in [1.165, 1.54) is 5.56 Å². The molecule has 4 nitrogen and oxygen atoms in total. The zero-order valence-corrected chi connectivity index (χ0v) is 13.1. The van der Waals surface area contributed by atoms with Crippen LogP contribution in [-0.2, 0) is 0 Å². The first kappa shape index (κ1) is 14.8. The van der Waals surface area contributed by atoms with Crippen molar-refractivity contribution in [2.45, 2.75) is 12.3 Å². The van der Waals surface area contributed by atoms with E-state index in [-0.39, 0.29) is 0 Å². The van der Waals surface area contributed by atoms with Gasteiger partial charge >= 0.3 is 0 Å². The van der Waals surface area contributed by atoms with E-state index >= 15 is 0 Å². The molecule has 0 amide bonds. The lowest BCUT2D eigenvalue weighted by atomic mass is 9.92.